The lowest BCUT2D eigenvalue weighted by atomic mass is 9.83. The first-order chi connectivity index (χ1) is 20.2. The standard InChI is InChI=1S/C32H29N5O3S/c1-38-26-12-6-23(7-13-26)19-37-35-32(34-36-37)28-18-22(11-17-31-33-29(21-41-31)25-4-3-5-25)10-16-30(28)40-20-24-8-14-27(39-2)15-9-24/h6-10,12-16,18,21,25H,3-5,19-20H2,1-2H3. The average Bonchev–Trinajstić information content (AvgIpc) is 3.65. The van der Waals surface area contributed by atoms with Gasteiger partial charge in [0.15, 0.2) is 5.01 Å². The molecule has 0 saturated heterocycles. The molecule has 0 unspecified atom stereocenters. The Hall–Kier alpha value is -4.68. The number of thiazole rings is 1. The van der Waals surface area contributed by atoms with Gasteiger partial charge in [0.25, 0.3) is 0 Å². The number of benzene rings is 3. The van der Waals surface area contributed by atoms with Crippen molar-refractivity contribution in [1.29, 1.82) is 0 Å². The van der Waals surface area contributed by atoms with Crippen LogP contribution in [0.1, 0.15) is 52.6 Å². The topological polar surface area (TPSA) is 84.2 Å². The molecule has 0 radical (unpaired) electrons. The Balaban J connectivity index is 1.25. The molecule has 0 N–H and O–H groups in total. The first kappa shape index (κ1) is 26.5. The van der Waals surface area contributed by atoms with E-state index >= 15 is 0 Å². The van der Waals surface area contributed by atoms with E-state index in [1.807, 2.05) is 66.7 Å². The van der Waals surface area contributed by atoms with Gasteiger partial charge in [-0.3, -0.25) is 0 Å². The van der Waals surface area contributed by atoms with Crippen LogP contribution in [0.15, 0.2) is 72.1 Å². The highest BCUT2D eigenvalue weighted by molar-refractivity contribution is 7.10. The summed E-state index contributed by atoms with van der Waals surface area (Å²) in [5, 5.41) is 16.3. The number of tetrazole rings is 1. The van der Waals surface area contributed by atoms with Crippen LogP contribution in [-0.4, -0.2) is 39.4 Å². The molecule has 5 aromatic rings. The fourth-order valence-electron chi connectivity index (χ4n) is 4.46. The van der Waals surface area contributed by atoms with Crippen LogP contribution in [-0.2, 0) is 13.2 Å². The quantitative estimate of drug-likeness (QED) is 0.200. The van der Waals surface area contributed by atoms with Crippen LogP contribution in [0.25, 0.3) is 11.4 Å². The smallest absolute Gasteiger partial charge is 0.208 e. The van der Waals surface area contributed by atoms with E-state index in [-0.39, 0.29) is 0 Å². The monoisotopic (exact) mass is 563 g/mol. The van der Waals surface area contributed by atoms with Crippen LogP contribution in [0.2, 0.25) is 0 Å². The van der Waals surface area contributed by atoms with Crippen molar-refractivity contribution >= 4 is 11.3 Å². The molecule has 0 spiro atoms. The third-order valence-electron chi connectivity index (χ3n) is 7.07. The predicted molar refractivity (Wildman–Crippen MR) is 157 cm³/mol. The number of methoxy groups -OCH3 is 2. The van der Waals surface area contributed by atoms with Gasteiger partial charge in [0.1, 0.15) is 23.9 Å². The van der Waals surface area contributed by atoms with E-state index in [1.54, 1.807) is 30.4 Å². The fourth-order valence-corrected chi connectivity index (χ4v) is 5.21. The highest BCUT2D eigenvalue weighted by Gasteiger charge is 2.21. The van der Waals surface area contributed by atoms with Crippen LogP contribution in [0.5, 0.6) is 17.2 Å². The lowest BCUT2D eigenvalue weighted by molar-refractivity contribution is 0.307. The number of ether oxygens (including phenoxy) is 3. The summed E-state index contributed by atoms with van der Waals surface area (Å²) in [7, 11) is 3.30. The maximum atomic E-state index is 6.24. The number of aromatic nitrogens is 5. The molecule has 8 nitrogen and oxygen atoms in total. The Morgan fingerprint density at radius 1 is 0.902 bits per heavy atom. The van der Waals surface area contributed by atoms with Crippen molar-refractivity contribution in [3.05, 3.63) is 99.5 Å². The second-order valence-corrected chi connectivity index (χ2v) is 10.7. The number of hydrogen-bond donors (Lipinski definition) is 0. The van der Waals surface area contributed by atoms with Gasteiger partial charge in [-0.25, -0.2) is 4.98 Å². The van der Waals surface area contributed by atoms with E-state index < -0.39 is 0 Å². The highest BCUT2D eigenvalue weighted by Crippen LogP contribution is 2.36. The molecule has 6 rings (SSSR count). The largest absolute Gasteiger partial charge is 0.497 e. The van der Waals surface area contributed by atoms with Crippen LogP contribution in [0.3, 0.4) is 0 Å². The lowest BCUT2D eigenvalue weighted by Crippen LogP contribution is -2.08. The molecule has 0 amide bonds. The maximum Gasteiger partial charge on any atom is 0.208 e. The molecule has 9 heteroatoms. The summed E-state index contributed by atoms with van der Waals surface area (Å²) in [6.45, 7) is 0.858. The number of rotatable bonds is 9. The molecule has 1 aliphatic carbocycles. The van der Waals surface area contributed by atoms with Crippen molar-refractivity contribution in [3.8, 4) is 40.5 Å². The molecule has 0 bridgehead atoms. The second kappa shape index (κ2) is 12.2. The highest BCUT2D eigenvalue weighted by atomic mass is 32.1. The minimum atomic E-state index is 0.380. The summed E-state index contributed by atoms with van der Waals surface area (Å²) >= 11 is 1.60. The van der Waals surface area contributed by atoms with Crippen LogP contribution < -0.4 is 14.2 Å². The Morgan fingerprint density at radius 2 is 1.63 bits per heavy atom. The van der Waals surface area contributed by atoms with Gasteiger partial charge in [-0.15, -0.1) is 21.5 Å². The Kier molecular flexibility index (Phi) is 7.92. The summed E-state index contributed by atoms with van der Waals surface area (Å²) in [4.78, 5) is 6.31. The van der Waals surface area contributed by atoms with Gasteiger partial charge in [-0.1, -0.05) is 36.6 Å². The Labute approximate surface area is 242 Å². The Morgan fingerprint density at radius 3 is 2.32 bits per heavy atom. The van der Waals surface area contributed by atoms with E-state index in [0.717, 1.165) is 38.8 Å². The predicted octanol–water partition coefficient (Wildman–Crippen LogP) is 6.11. The molecule has 1 aliphatic rings. The van der Waals surface area contributed by atoms with Gasteiger partial charge in [-0.2, -0.15) is 4.80 Å². The van der Waals surface area contributed by atoms with Crippen molar-refractivity contribution < 1.29 is 14.2 Å². The van der Waals surface area contributed by atoms with Crippen LogP contribution >= 0.6 is 11.3 Å². The molecule has 2 aromatic heterocycles. The summed E-state index contributed by atoms with van der Waals surface area (Å²) < 4.78 is 16.8. The van der Waals surface area contributed by atoms with E-state index in [1.165, 1.54) is 25.0 Å². The molecule has 0 atom stereocenters. The molecule has 206 valence electrons. The Bertz CT molecular complexity index is 1680. The molecule has 1 fully saturated rings. The van der Waals surface area contributed by atoms with E-state index in [2.05, 4.69) is 32.6 Å². The summed E-state index contributed by atoms with van der Waals surface area (Å²) in [6.07, 6.45) is 3.74. The zero-order valence-electron chi connectivity index (χ0n) is 22.9. The second-order valence-electron chi connectivity index (χ2n) is 9.79. The van der Waals surface area contributed by atoms with Crippen LogP contribution in [0, 0.1) is 11.8 Å². The molecule has 0 aliphatic heterocycles. The molecule has 3 aromatic carbocycles. The van der Waals surface area contributed by atoms with Crippen molar-refractivity contribution in [2.75, 3.05) is 14.2 Å². The molecule has 1 saturated carbocycles. The summed E-state index contributed by atoms with van der Waals surface area (Å²) in [6, 6.07) is 21.4. The molecule has 2 heterocycles. The SMILES string of the molecule is COc1ccc(COc2ccc(C#Cc3nc(C4CCC4)cs3)cc2-c2nnn(Cc3ccc(OC)cc3)n2)cc1. The van der Waals surface area contributed by atoms with Crippen molar-refractivity contribution in [1.82, 2.24) is 25.2 Å². The van der Waals surface area contributed by atoms with E-state index in [9.17, 15) is 0 Å². The number of nitrogens with zero attached hydrogens (tertiary/aromatic N) is 5. The first-order valence-electron chi connectivity index (χ1n) is 13.4. The van der Waals surface area contributed by atoms with Crippen molar-refractivity contribution in [2.24, 2.45) is 0 Å². The normalized spacial score (nSPS) is 12.7. The fraction of sp³-hybridized carbons (Fsp3) is 0.250. The molecular weight excluding hydrogens is 534 g/mol. The zero-order chi connectivity index (χ0) is 28.0. The van der Waals surface area contributed by atoms with Crippen LogP contribution in [0.4, 0.5) is 0 Å². The van der Waals surface area contributed by atoms with Gasteiger partial charge >= 0.3 is 0 Å². The van der Waals surface area contributed by atoms with Gasteiger partial charge in [0.2, 0.25) is 5.82 Å². The summed E-state index contributed by atoms with van der Waals surface area (Å²) in [5.41, 5.74) is 4.77. The van der Waals surface area contributed by atoms with E-state index in [4.69, 9.17) is 19.2 Å². The van der Waals surface area contributed by atoms with E-state index in [0.29, 0.717) is 30.6 Å². The van der Waals surface area contributed by atoms with Crippen molar-refractivity contribution in [3.63, 3.8) is 0 Å². The summed E-state index contributed by atoms with van der Waals surface area (Å²) in [5.74, 6) is 9.81. The minimum absolute atomic E-state index is 0.380. The zero-order valence-corrected chi connectivity index (χ0v) is 23.7. The lowest BCUT2D eigenvalue weighted by Gasteiger charge is -2.22. The molecular formula is C32H29N5O3S. The average molecular weight is 564 g/mol. The van der Waals surface area contributed by atoms with Crippen molar-refractivity contribution in [2.45, 2.75) is 38.3 Å². The molecule has 41 heavy (non-hydrogen) atoms. The number of hydrogen-bond acceptors (Lipinski definition) is 8. The third kappa shape index (κ3) is 6.39. The van der Waals surface area contributed by atoms with Gasteiger partial charge in [0.05, 0.1) is 32.0 Å². The minimum Gasteiger partial charge on any atom is -0.497 e. The third-order valence-corrected chi connectivity index (χ3v) is 7.84. The first-order valence-corrected chi connectivity index (χ1v) is 14.3. The van der Waals surface area contributed by atoms with Gasteiger partial charge in [-0.05, 0) is 77.6 Å². The van der Waals surface area contributed by atoms with Gasteiger partial charge in [0, 0.05) is 16.9 Å². The van der Waals surface area contributed by atoms with Gasteiger partial charge < -0.3 is 14.2 Å². The maximum absolute atomic E-state index is 6.24.